The van der Waals surface area contributed by atoms with E-state index in [1.807, 2.05) is 37.3 Å². The Morgan fingerprint density at radius 2 is 2.00 bits per heavy atom. The van der Waals surface area contributed by atoms with Crippen molar-refractivity contribution in [1.82, 2.24) is 0 Å². The molecule has 1 rings (SSSR count). The van der Waals surface area contributed by atoms with Gasteiger partial charge in [0.25, 0.3) is 0 Å². The van der Waals surface area contributed by atoms with Crippen LogP contribution < -0.4 is 5.73 Å². The second-order valence-corrected chi connectivity index (χ2v) is 4.35. The number of nitrogens with two attached hydrogens (primary N) is 1. The van der Waals surface area contributed by atoms with E-state index in [4.69, 9.17) is 10.5 Å². The number of benzene rings is 1. The summed E-state index contributed by atoms with van der Waals surface area (Å²) in [5, 5.41) is 0. The molecule has 2 nitrogen and oxygen atoms in total. The van der Waals surface area contributed by atoms with Crippen LogP contribution in [-0.2, 0) is 11.3 Å². The number of halogens is 1. The summed E-state index contributed by atoms with van der Waals surface area (Å²) in [6.07, 6.45) is 1.67. The molecule has 0 aliphatic carbocycles. The van der Waals surface area contributed by atoms with E-state index >= 15 is 0 Å². The van der Waals surface area contributed by atoms with Gasteiger partial charge in [-0.1, -0.05) is 37.3 Å². The predicted molar refractivity (Wildman–Crippen MR) is 68.5 cm³/mol. The van der Waals surface area contributed by atoms with Gasteiger partial charge in [0, 0.05) is 13.2 Å². The molecule has 0 radical (unpaired) electrons. The van der Waals surface area contributed by atoms with Crippen LogP contribution >= 0.6 is 0 Å². The Hall–Kier alpha value is -0.930. The van der Waals surface area contributed by atoms with E-state index in [2.05, 4.69) is 0 Å². The molecule has 96 valence electrons. The van der Waals surface area contributed by atoms with Crippen molar-refractivity contribution in [3.63, 3.8) is 0 Å². The molecule has 2 N–H and O–H groups in total. The Morgan fingerprint density at radius 3 is 2.59 bits per heavy atom. The average molecular weight is 239 g/mol. The van der Waals surface area contributed by atoms with Crippen molar-refractivity contribution < 1.29 is 9.13 Å². The van der Waals surface area contributed by atoms with Crippen molar-refractivity contribution in [2.24, 2.45) is 5.73 Å². The molecule has 1 aromatic carbocycles. The van der Waals surface area contributed by atoms with Crippen LogP contribution in [0.15, 0.2) is 30.3 Å². The van der Waals surface area contributed by atoms with E-state index in [0.717, 1.165) is 5.56 Å². The van der Waals surface area contributed by atoms with Crippen LogP contribution in [-0.4, -0.2) is 18.8 Å². The van der Waals surface area contributed by atoms with Gasteiger partial charge in [-0.15, -0.1) is 0 Å². The molecule has 0 heterocycles. The van der Waals surface area contributed by atoms with Crippen LogP contribution in [0.2, 0.25) is 0 Å². The van der Waals surface area contributed by atoms with Gasteiger partial charge >= 0.3 is 0 Å². The number of alkyl halides is 1. The van der Waals surface area contributed by atoms with Crippen molar-refractivity contribution in [2.75, 3.05) is 13.2 Å². The van der Waals surface area contributed by atoms with Gasteiger partial charge < -0.3 is 10.5 Å². The van der Waals surface area contributed by atoms with Crippen molar-refractivity contribution in [2.45, 2.75) is 38.5 Å². The van der Waals surface area contributed by atoms with Gasteiger partial charge in [0.15, 0.2) is 0 Å². The van der Waals surface area contributed by atoms with E-state index in [1.54, 1.807) is 0 Å². The molecule has 0 saturated carbocycles. The fourth-order valence-electron chi connectivity index (χ4n) is 1.68. The molecule has 0 amide bonds. The molecule has 1 atom stereocenters. The topological polar surface area (TPSA) is 35.2 Å². The second kappa shape index (κ2) is 7.41. The molecule has 3 heteroatoms. The fourth-order valence-corrected chi connectivity index (χ4v) is 1.68. The molecule has 1 aromatic rings. The first kappa shape index (κ1) is 14.1. The quantitative estimate of drug-likeness (QED) is 0.708. The van der Waals surface area contributed by atoms with Gasteiger partial charge in [0.2, 0.25) is 0 Å². The normalized spacial score (nSPS) is 14.5. The molecule has 17 heavy (non-hydrogen) atoms. The molecule has 0 spiro atoms. The van der Waals surface area contributed by atoms with Gasteiger partial charge in [0.05, 0.1) is 6.61 Å². The molecule has 0 aliphatic heterocycles. The minimum atomic E-state index is -1.21. The zero-order chi connectivity index (χ0) is 12.6. The largest absolute Gasteiger partial charge is 0.377 e. The maximum Gasteiger partial charge on any atom is 0.123 e. The smallest absolute Gasteiger partial charge is 0.123 e. The molecule has 0 fully saturated rings. The zero-order valence-electron chi connectivity index (χ0n) is 10.5. The van der Waals surface area contributed by atoms with Crippen LogP contribution in [0.25, 0.3) is 0 Å². The lowest BCUT2D eigenvalue weighted by Crippen LogP contribution is -2.32. The molecule has 0 bridgehead atoms. The Labute approximate surface area is 103 Å². The lowest BCUT2D eigenvalue weighted by molar-refractivity contribution is 0.0899. The Kier molecular flexibility index (Phi) is 6.16. The molecule has 1 unspecified atom stereocenters. The van der Waals surface area contributed by atoms with Gasteiger partial charge in [0.1, 0.15) is 5.67 Å². The first-order valence-electron chi connectivity index (χ1n) is 6.21. The highest BCUT2D eigenvalue weighted by atomic mass is 19.1. The van der Waals surface area contributed by atoms with E-state index in [1.165, 1.54) is 0 Å². The summed E-state index contributed by atoms with van der Waals surface area (Å²) in [6, 6.07) is 9.98. The van der Waals surface area contributed by atoms with Crippen molar-refractivity contribution in [3.05, 3.63) is 35.9 Å². The second-order valence-electron chi connectivity index (χ2n) is 4.35. The van der Waals surface area contributed by atoms with Crippen LogP contribution in [0.4, 0.5) is 4.39 Å². The minimum Gasteiger partial charge on any atom is -0.377 e. The van der Waals surface area contributed by atoms with Crippen molar-refractivity contribution >= 4 is 0 Å². The molecule has 0 aliphatic rings. The summed E-state index contributed by atoms with van der Waals surface area (Å²) >= 11 is 0. The molecular weight excluding hydrogens is 217 g/mol. The lowest BCUT2D eigenvalue weighted by atomic mass is 9.97. The SMILES string of the molecule is CCC(F)(CN)CCCOCc1ccccc1. The maximum absolute atomic E-state index is 13.8. The molecule has 0 aromatic heterocycles. The zero-order valence-corrected chi connectivity index (χ0v) is 10.5. The third kappa shape index (κ3) is 5.29. The third-order valence-corrected chi connectivity index (χ3v) is 3.02. The highest BCUT2D eigenvalue weighted by Crippen LogP contribution is 2.20. The molecule has 0 saturated heterocycles. The van der Waals surface area contributed by atoms with Gasteiger partial charge in [-0.2, -0.15) is 0 Å². The average Bonchev–Trinajstić information content (AvgIpc) is 2.39. The van der Waals surface area contributed by atoms with E-state index in [0.29, 0.717) is 32.5 Å². The van der Waals surface area contributed by atoms with Gasteiger partial charge in [-0.25, -0.2) is 4.39 Å². The Morgan fingerprint density at radius 1 is 1.29 bits per heavy atom. The number of hydrogen-bond acceptors (Lipinski definition) is 2. The fraction of sp³-hybridized carbons (Fsp3) is 0.571. The van der Waals surface area contributed by atoms with Crippen LogP contribution in [0.3, 0.4) is 0 Å². The highest BCUT2D eigenvalue weighted by Gasteiger charge is 2.24. The first-order chi connectivity index (χ1) is 8.20. The number of ether oxygens (including phenoxy) is 1. The van der Waals surface area contributed by atoms with Gasteiger partial charge in [-0.3, -0.25) is 0 Å². The standard InChI is InChI=1S/C14H22FNO/c1-2-14(15,12-16)9-6-10-17-11-13-7-4-3-5-8-13/h3-5,7-8H,2,6,9-12,16H2,1H3. The Bertz CT molecular complexity index is 298. The van der Waals surface area contributed by atoms with Crippen LogP contribution in [0.1, 0.15) is 31.7 Å². The summed E-state index contributed by atoms with van der Waals surface area (Å²) in [6.45, 7) is 3.11. The Balaban J connectivity index is 2.13. The minimum absolute atomic E-state index is 0.0994. The van der Waals surface area contributed by atoms with Crippen LogP contribution in [0, 0.1) is 0 Å². The van der Waals surface area contributed by atoms with E-state index in [-0.39, 0.29) is 6.54 Å². The summed E-state index contributed by atoms with van der Waals surface area (Å²) in [4.78, 5) is 0. The van der Waals surface area contributed by atoms with E-state index in [9.17, 15) is 4.39 Å². The summed E-state index contributed by atoms with van der Waals surface area (Å²) in [5.74, 6) is 0. The van der Waals surface area contributed by atoms with Gasteiger partial charge in [-0.05, 0) is 24.8 Å². The van der Waals surface area contributed by atoms with Crippen LogP contribution in [0.5, 0.6) is 0 Å². The molecular formula is C14H22FNO. The summed E-state index contributed by atoms with van der Waals surface area (Å²) < 4.78 is 19.3. The number of rotatable bonds is 8. The highest BCUT2D eigenvalue weighted by molar-refractivity contribution is 5.13. The van der Waals surface area contributed by atoms with Crippen molar-refractivity contribution in [1.29, 1.82) is 0 Å². The van der Waals surface area contributed by atoms with Crippen molar-refractivity contribution in [3.8, 4) is 0 Å². The lowest BCUT2D eigenvalue weighted by Gasteiger charge is -2.21. The number of hydrogen-bond donors (Lipinski definition) is 1. The summed E-state index contributed by atoms with van der Waals surface area (Å²) in [5.41, 5.74) is 5.34. The first-order valence-corrected chi connectivity index (χ1v) is 6.21. The summed E-state index contributed by atoms with van der Waals surface area (Å²) in [7, 11) is 0. The third-order valence-electron chi connectivity index (χ3n) is 3.02. The maximum atomic E-state index is 13.8. The monoisotopic (exact) mass is 239 g/mol. The van der Waals surface area contributed by atoms with E-state index < -0.39 is 5.67 Å². The predicted octanol–water partition coefficient (Wildman–Crippen LogP) is 3.06.